The van der Waals surface area contributed by atoms with Crippen LogP contribution in [0.4, 0.5) is 0 Å². The summed E-state index contributed by atoms with van der Waals surface area (Å²) in [4.78, 5) is 10.7. The summed E-state index contributed by atoms with van der Waals surface area (Å²) in [7, 11) is 1.91. The Kier molecular flexibility index (Phi) is 2.63. The van der Waals surface area contributed by atoms with E-state index in [-0.39, 0.29) is 5.78 Å². The maximum Gasteiger partial charge on any atom is 0.130 e. The van der Waals surface area contributed by atoms with Gasteiger partial charge in [-0.25, -0.2) is 0 Å². The Labute approximate surface area is 72.4 Å². The number of ketones is 1. The van der Waals surface area contributed by atoms with Crippen LogP contribution in [0.2, 0.25) is 0 Å². The Morgan fingerprint density at radius 3 is 2.75 bits per heavy atom. The highest BCUT2D eigenvalue weighted by Gasteiger charge is 2.02. The first kappa shape index (κ1) is 8.97. The maximum atomic E-state index is 10.7. The Morgan fingerprint density at radius 1 is 1.67 bits per heavy atom. The van der Waals surface area contributed by atoms with E-state index in [9.17, 15) is 4.79 Å². The number of aryl methyl sites for hydroxylation is 3. The fourth-order valence-corrected chi connectivity index (χ4v) is 1.20. The van der Waals surface area contributed by atoms with Gasteiger partial charge in [-0.05, 0) is 26.3 Å². The molecule has 0 amide bonds. The van der Waals surface area contributed by atoms with E-state index >= 15 is 0 Å². The molecule has 3 nitrogen and oxygen atoms in total. The van der Waals surface area contributed by atoms with Crippen LogP contribution in [0.5, 0.6) is 0 Å². The molecule has 0 unspecified atom stereocenters. The Hall–Kier alpha value is -1.12. The fourth-order valence-electron chi connectivity index (χ4n) is 1.20. The van der Waals surface area contributed by atoms with Crippen LogP contribution in [0.15, 0.2) is 6.07 Å². The minimum Gasteiger partial charge on any atom is -0.300 e. The van der Waals surface area contributed by atoms with Gasteiger partial charge in [-0.15, -0.1) is 0 Å². The summed E-state index contributed by atoms with van der Waals surface area (Å²) < 4.78 is 1.83. The number of hydrogen-bond donors (Lipinski definition) is 0. The van der Waals surface area contributed by atoms with Crippen molar-refractivity contribution in [1.29, 1.82) is 0 Å². The Balaban J connectivity index is 2.62. The lowest BCUT2D eigenvalue weighted by molar-refractivity contribution is -0.117. The van der Waals surface area contributed by atoms with Gasteiger partial charge in [0.2, 0.25) is 0 Å². The lowest BCUT2D eigenvalue weighted by atomic mass is 10.2. The standard InChI is InChI=1S/C9H14N2O/c1-7-6-9(11(3)10-7)5-4-8(2)12/h6H,4-5H2,1-3H3. The summed E-state index contributed by atoms with van der Waals surface area (Å²) >= 11 is 0. The van der Waals surface area contributed by atoms with Crippen LogP contribution in [0.25, 0.3) is 0 Å². The molecule has 0 aliphatic rings. The van der Waals surface area contributed by atoms with E-state index in [1.54, 1.807) is 6.92 Å². The van der Waals surface area contributed by atoms with Crippen molar-refractivity contribution < 1.29 is 4.79 Å². The number of aromatic nitrogens is 2. The zero-order valence-corrected chi connectivity index (χ0v) is 7.79. The van der Waals surface area contributed by atoms with Crippen LogP contribution in [-0.2, 0) is 18.3 Å². The molecule has 0 aliphatic carbocycles. The Morgan fingerprint density at radius 2 is 2.33 bits per heavy atom. The molecule has 0 aliphatic heterocycles. The molecule has 0 fully saturated rings. The summed E-state index contributed by atoms with van der Waals surface area (Å²) in [6, 6.07) is 2.02. The highest BCUT2D eigenvalue weighted by molar-refractivity contribution is 5.75. The van der Waals surface area contributed by atoms with Gasteiger partial charge in [0, 0.05) is 19.2 Å². The molecule has 66 valence electrons. The maximum absolute atomic E-state index is 10.7. The van der Waals surface area contributed by atoms with Crippen molar-refractivity contribution in [1.82, 2.24) is 9.78 Å². The normalized spacial score (nSPS) is 10.2. The van der Waals surface area contributed by atoms with Gasteiger partial charge in [0.15, 0.2) is 0 Å². The average molecular weight is 166 g/mol. The summed E-state index contributed by atoms with van der Waals surface area (Å²) in [6.45, 7) is 3.57. The van der Waals surface area contributed by atoms with Crippen LogP contribution in [0.1, 0.15) is 24.7 Å². The second-order valence-corrected chi connectivity index (χ2v) is 3.10. The highest BCUT2D eigenvalue weighted by atomic mass is 16.1. The predicted molar refractivity (Wildman–Crippen MR) is 46.9 cm³/mol. The molecular formula is C9H14N2O. The number of nitrogens with zero attached hydrogens (tertiary/aromatic N) is 2. The molecule has 0 saturated carbocycles. The largest absolute Gasteiger partial charge is 0.300 e. The SMILES string of the molecule is CC(=O)CCc1cc(C)nn1C. The molecule has 0 atom stereocenters. The van der Waals surface area contributed by atoms with Gasteiger partial charge in [-0.2, -0.15) is 5.10 Å². The average Bonchev–Trinajstić information content (AvgIpc) is 2.26. The third-order valence-corrected chi connectivity index (χ3v) is 1.83. The molecule has 0 N–H and O–H groups in total. The molecule has 1 rings (SSSR count). The van der Waals surface area contributed by atoms with E-state index in [1.165, 1.54) is 0 Å². The third-order valence-electron chi connectivity index (χ3n) is 1.83. The first-order valence-electron chi connectivity index (χ1n) is 4.08. The van der Waals surface area contributed by atoms with Gasteiger partial charge in [-0.1, -0.05) is 0 Å². The number of Topliss-reactive ketones (excluding diaryl/α,β-unsaturated/α-hetero) is 1. The van der Waals surface area contributed by atoms with E-state index in [1.807, 2.05) is 24.7 Å². The van der Waals surface area contributed by atoms with Crippen molar-refractivity contribution >= 4 is 5.78 Å². The fraction of sp³-hybridized carbons (Fsp3) is 0.556. The number of hydrogen-bond acceptors (Lipinski definition) is 2. The molecule has 1 heterocycles. The molecule has 0 aromatic carbocycles. The molecule has 0 spiro atoms. The van der Waals surface area contributed by atoms with Crippen LogP contribution in [0, 0.1) is 6.92 Å². The van der Waals surface area contributed by atoms with Gasteiger partial charge >= 0.3 is 0 Å². The smallest absolute Gasteiger partial charge is 0.130 e. The van der Waals surface area contributed by atoms with Crippen LogP contribution >= 0.6 is 0 Å². The van der Waals surface area contributed by atoms with E-state index in [2.05, 4.69) is 5.10 Å². The zero-order valence-electron chi connectivity index (χ0n) is 7.79. The molecule has 12 heavy (non-hydrogen) atoms. The van der Waals surface area contributed by atoms with Crippen LogP contribution < -0.4 is 0 Å². The second kappa shape index (κ2) is 3.52. The molecular weight excluding hydrogens is 152 g/mol. The molecule has 0 bridgehead atoms. The molecule has 0 saturated heterocycles. The lowest BCUT2D eigenvalue weighted by Gasteiger charge is -1.97. The minimum atomic E-state index is 0.230. The van der Waals surface area contributed by atoms with Gasteiger partial charge < -0.3 is 4.79 Å². The number of carbonyl (C=O) groups excluding carboxylic acids is 1. The van der Waals surface area contributed by atoms with E-state index < -0.39 is 0 Å². The zero-order chi connectivity index (χ0) is 9.14. The minimum absolute atomic E-state index is 0.230. The molecule has 1 aromatic rings. The van der Waals surface area contributed by atoms with Crippen molar-refractivity contribution in [3.05, 3.63) is 17.5 Å². The van der Waals surface area contributed by atoms with Crippen LogP contribution in [0.3, 0.4) is 0 Å². The third kappa shape index (κ3) is 2.19. The van der Waals surface area contributed by atoms with Gasteiger partial charge in [0.05, 0.1) is 5.69 Å². The quantitative estimate of drug-likeness (QED) is 0.677. The van der Waals surface area contributed by atoms with Crippen molar-refractivity contribution in [2.75, 3.05) is 0 Å². The first-order chi connectivity index (χ1) is 5.59. The predicted octanol–water partition coefficient (Wildman–Crippen LogP) is 1.25. The summed E-state index contributed by atoms with van der Waals surface area (Å²) in [6.07, 6.45) is 1.41. The van der Waals surface area contributed by atoms with E-state index in [4.69, 9.17) is 0 Å². The summed E-state index contributed by atoms with van der Waals surface area (Å²) in [5, 5.41) is 4.19. The van der Waals surface area contributed by atoms with E-state index in [0.29, 0.717) is 6.42 Å². The topological polar surface area (TPSA) is 34.9 Å². The van der Waals surface area contributed by atoms with Crippen molar-refractivity contribution in [2.45, 2.75) is 26.7 Å². The summed E-state index contributed by atoms with van der Waals surface area (Å²) in [5.74, 6) is 0.230. The monoisotopic (exact) mass is 166 g/mol. The summed E-state index contributed by atoms with van der Waals surface area (Å²) in [5.41, 5.74) is 2.14. The number of rotatable bonds is 3. The molecule has 1 aromatic heterocycles. The molecule has 3 heteroatoms. The van der Waals surface area contributed by atoms with E-state index in [0.717, 1.165) is 17.8 Å². The van der Waals surface area contributed by atoms with Crippen molar-refractivity contribution in [3.8, 4) is 0 Å². The first-order valence-corrected chi connectivity index (χ1v) is 4.08. The molecule has 0 radical (unpaired) electrons. The van der Waals surface area contributed by atoms with Crippen molar-refractivity contribution in [2.24, 2.45) is 7.05 Å². The highest BCUT2D eigenvalue weighted by Crippen LogP contribution is 2.04. The van der Waals surface area contributed by atoms with Gasteiger partial charge in [-0.3, -0.25) is 4.68 Å². The van der Waals surface area contributed by atoms with Gasteiger partial charge in [0.25, 0.3) is 0 Å². The lowest BCUT2D eigenvalue weighted by Crippen LogP contribution is -2.01. The number of carbonyl (C=O) groups is 1. The Bertz CT molecular complexity index is 289. The van der Waals surface area contributed by atoms with Crippen LogP contribution in [-0.4, -0.2) is 15.6 Å². The van der Waals surface area contributed by atoms with Crippen molar-refractivity contribution in [3.63, 3.8) is 0 Å². The second-order valence-electron chi connectivity index (χ2n) is 3.10. The van der Waals surface area contributed by atoms with Gasteiger partial charge in [0.1, 0.15) is 5.78 Å².